The summed E-state index contributed by atoms with van der Waals surface area (Å²) in [5.74, 6) is 0. The van der Waals surface area contributed by atoms with Crippen molar-refractivity contribution in [2.75, 3.05) is 18.9 Å². The van der Waals surface area contributed by atoms with Crippen LogP contribution in [0.2, 0.25) is 0 Å². The second kappa shape index (κ2) is 7.71. The Morgan fingerprint density at radius 2 is 2.05 bits per heavy atom. The van der Waals surface area contributed by atoms with Gasteiger partial charge in [-0.25, -0.2) is 0 Å². The fourth-order valence-electron chi connectivity index (χ4n) is 1.83. The minimum Gasteiger partial charge on any atom is -0.360 e. The Morgan fingerprint density at radius 1 is 1.25 bits per heavy atom. The maximum atomic E-state index is 4.23. The summed E-state index contributed by atoms with van der Waals surface area (Å²) in [6, 6.07) is 8.30. The molecule has 1 N–H and O–H groups in total. The normalized spacial score (nSPS) is 11.0. The van der Waals surface area contributed by atoms with E-state index < -0.39 is 0 Å². The van der Waals surface area contributed by atoms with Crippen molar-refractivity contribution >= 4 is 32.4 Å². The molecule has 1 heterocycles. The molecule has 0 aliphatic carbocycles. The lowest BCUT2D eigenvalue weighted by molar-refractivity contribution is 0.317. The summed E-state index contributed by atoms with van der Waals surface area (Å²) in [6.45, 7) is 4.79. The third kappa shape index (κ3) is 4.54. The topological polar surface area (TPSA) is 41.1 Å². The fourth-order valence-corrected chi connectivity index (χ4v) is 3.08. The minimum absolute atomic E-state index is 0.812. The Hall–Kier alpha value is -0.980. The summed E-state index contributed by atoms with van der Waals surface area (Å²) < 4.78 is 1.15. The van der Waals surface area contributed by atoms with Crippen molar-refractivity contribution in [3.8, 4) is 0 Å². The van der Waals surface area contributed by atoms with Crippen LogP contribution in [0.5, 0.6) is 0 Å². The molecule has 0 saturated heterocycles. The van der Waals surface area contributed by atoms with Crippen molar-refractivity contribution in [1.82, 2.24) is 15.1 Å². The van der Waals surface area contributed by atoms with Crippen LogP contribution in [-0.2, 0) is 13.1 Å². The van der Waals surface area contributed by atoms with Crippen LogP contribution in [-0.4, -0.2) is 28.7 Å². The van der Waals surface area contributed by atoms with Crippen LogP contribution in [0.1, 0.15) is 23.9 Å². The molecule has 20 heavy (non-hydrogen) atoms. The maximum Gasteiger partial charge on any atom is 0.205 e. The predicted molar refractivity (Wildman–Crippen MR) is 88.0 cm³/mol. The van der Waals surface area contributed by atoms with E-state index in [1.54, 1.807) is 11.3 Å². The lowest BCUT2D eigenvalue weighted by Gasteiger charge is -2.15. The van der Waals surface area contributed by atoms with Gasteiger partial charge in [0.15, 0.2) is 0 Å². The molecule has 0 aliphatic rings. The monoisotopic (exact) mass is 354 g/mol. The number of nitrogens with zero attached hydrogens (tertiary/aromatic N) is 3. The first-order valence-corrected chi connectivity index (χ1v) is 8.28. The van der Waals surface area contributed by atoms with E-state index in [1.165, 1.54) is 5.56 Å². The number of benzene rings is 1. The molecular weight excluding hydrogens is 336 g/mol. The smallest absolute Gasteiger partial charge is 0.205 e. The number of aromatic nitrogens is 2. The molecule has 4 nitrogen and oxygen atoms in total. The largest absolute Gasteiger partial charge is 0.360 e. The van der Waals surface area contributed by atoms with Crippen LogP contribution in [0, 0.1) is 0 Å². The van der Waals surface area contributed by atoms with Crippen LogP contribution < -0.4 is 5.32 Å². The molecule has 108 valence electrons. The van der Waals surface area contributed by atoms with Crippen molar-refractivity contribution in [2.45, 2.75) is 26.4 Å². The zero-order valence-electron chi connectivity index (χ0n) is 11.8. The van der Waals surface area contributed by atoms with E-state index in [0.717, 1.165) is 40.7 Å². The van der Waals surface area contributed by atoms with Gasteiger partial charge in [-0.3, -0.25) is 4.90 Å². The molecule has 0 spiro atoms. The Labute approximate surface area is 132 Å². The van der Waals surface area contributed by atoms with Crippen molar-refractivity contribution in [3.05, 3.63) is 39.3 Å². The van der Waals surface area contributed by atoms with Crippen LogP contribution in [0.4, 0.5) is 5.13 Å². The minimum atomic E-state index is 0.812. The number of hydrogen-bond acceptors (Lipinski definition) is 5. The summed E-state index contributed by atoms with van der Waals surface area (Å²) in [7, 11) is 2.10. The average Bonchev–Trinajstić information content (AvgIpc) is 2.86. The van der Waals surface area contributed by atoms with Gasteiger partial charge in [0.2, 0.25) is 5.13 Å². The zero-order chi connectivity index (χ0) is 14.4. The molecule has 2 aromatic rings. The SMILES string of the molecule is CCCNc1nnc(CN(C)Cc2ccccc2Br)s1. The second-order valence-electron chi connectivity index (χ2n) is 4.69. The lowest BCUT2D eigenvalue weighted by Crippen LogP contribution is -2.17. The fraction of sp³-hybridized carbons (Fsp3) is 0.429. The highest BCUT2D eigenvalue weighted by Gasteiger charge is 2.08. The number of hydrogen-bond donors (Lipinski definition) is 1. The van der Waals surface area contributed by atoms with E-state index in [9.17, 15) is 0 Å². The number of rotatable bonds is 7. The summed E-state index contributed by atoms with van der Waals surface area (Å²) in [6.07, 6.45) is 1.09. The highest BCUT2D eigenvalue weighted by Crippen LogP contribution is 2.20. The third-order valence-electron chi connectivity index (χ3n) is 2.80. The third-order valence-corrected chi connectivity index (χ3v) is 4.44. The van der Waals surface area contributed by atoms with E-state index in [1.807, 2.05) is 6.07 Å². The van der Waals surface area contributed by atoms with E-state index >= 15 is 0 Å². The zero-order valence-corrected chi connectivity index (χ0v) is 14.2. The van der Waals surface area contributed by atoms with Gasteiger partial charge in [0.05, 0.1) is 6.54 Å². The first-order chi connectivity index (χ1) is 9.69. The molecule has 0 aliphatic heterocycles. The van der Waals surface area contributed by atoms with Gasteiger partial charge in [-0.1, -0.05) is 52.4 Å². The highest BCUT2D eigenvalue weighted by molar-refractivity contribution is 9.10. The van der Waals surface area contributed by atoms with Crippen LogP contribution in [0.15, 0.2) is 28.7 Å². The number of halogens is 1. The molecule has 0 atom stereocenters. The van der Waals surface area contributed by atoms with Gasteiger partial charge in [-0.05, 0) is 25.1 Å². The first kappa shape index (κ1) is 15.4. The molecule has 6 heteroatoms. The summed E-state index contributed by atoms with van der Waals surface area (Å²) in [5, 5.41) is 13.6. The first-order valence-electron chi connectivity index (χ1n) is 6.67. The molecule has 0 bridgehead atoms. The molecule has 1 aromatic carbocycles. The Bertz CT molecular complexity index is 543. The Morgan fingerprint density at radius 3 is 2.80 bits per heavy atom. The Kier molecular flexibility index (Phi) is 5.94. The maximum absolute atomic E-state index is 4.23. The molecule has 0 unspecified atom stereocenters. The quantitative estimate of drug-likeness (QED) is 0.821. The van der Waals surface area contributed by atoms with Gasteiger partial charge in [0.1, 0.15) is 5.01 Å². The van der Waals surface area contributed by atoms with Gasteiger partial charge in [0.25, 0.3) is 0 Å². The standard InChI is InChI=1S/C14H19BrN4S/c1-3-8-16-14-18-17-13(20-14)10-19(2)9-11-6-4-5-7-12(11)15/h4-7H,3,8-10H2,1-2H3,(H,16,18). The molecule has 0 radical (unpaired) electrons. The Balaban J connectivity index is 1.89. The van der Waals surface area contributed by atoms with E-state index in [2.05, 4.69) is 68.5 Å². The van der Waals surface area contributed by atoms with Crippen molar-refractivity contribution < 1.29 is 0 Å². The van der Waals surface area contributed by atoms with Crippen LogP contribution >= 0.6 is 27.3 Å². The van der Waals surface area contributed by atoms with Crippen LogP contribution in [0.25, 0.3) is 0 Å². The summed E-state index contributed by atoms with van der Waals surface area (Å²) in [4.78, 5) is 2.24. The van der Waals surface area contributed by atoms with E-state index in [0.29, 0.717) is 0 Å². The highest BCUT2D eigenvalue weighted by atomic mass is 79.9. The van der Waals surface area contributed by atoms with Gasteiger partial charge in [-0.2, -0.15) is 0 Å². The number of nitrogens with one attached hydrogen (secondary N) is 1. The second-order valence-corrected chi connectivity index (χ2v) is 6.61. The number of anilines is 1. The molecule has 0 amide bonds. The van der Waals surface area contributed by atoms with E-state index in [4.69, 9.17) is 0 Å². The van der Waals surface area contributed by atoms with Crippen molar-refractivity contribution in [2.24, 2.45) is 0 Å². The summed E-state index contributed by atoms with van der Waals surface area (Å²) in [5.41, 5.74) is 1.28. The van der Waals surface area contributed by atoms with Crippen LogP contribution in [0.3, 0.4) is 0 Å². The molecule has 1 aromatic heterocycles. The van der Waals surface area contributed by atoms with Gasteiger partial charge in [-0.15, -0.1) is 10.2 Å². The molecule has 0 saturated carbocycles. The molecular formula is C14H19BrN4S. The lowest BCUT2D eigenvalue weighted by atomic mass is 10.2. The van der Waals surface area contributed by atoms with Gasteiger partial charge < -0.3 is 5.32 Å². The summed E-state index contributed by atoms with van der Waals surface area (Å²) >= 11 is 5.21. The van der Waals surface area contributed by atoms with Crippen molar-refractivity contribution in [3.63, 3.8) is 0 Å². The molecule has 0 fully saturated rings. The predicted octanol–water partition coefficient (Wildman–Crippen LogP) is 3.75. The van der Waals surface area contributed by atoms with Crippen molar-refractivity contribution in [1.29, 1.82) is 0 Å². The van der Waals surface area contributed by atoms with Gasteiger partial charge >= 0.3 is 0 Å². The molecule has 2 rings (SSSR count). The van der Waals surface area contributed by atoms with Gasteiger partial charge in [0, 0.05) is 17.6 Å². The average molecular weight is 355 g/mol. The van der Waals surface area contributed by atoms with E-state index in [-0.39, 0.29) is 0 Å².